The zero-order valence-electron chi connectivity index (χ0n) is 21.9. The molecule has 2 saturated heterocycles. The summed E-state index contributed by atoms with van der Waals surface area (Å²) in [5.74, 6) is -0.683. The van der Waals surface area contributed by atoms with Gasteiger partial charge in [0, 0.05) is 41.7 Å². The topological polar surface area (TPSA) is 104 Å². The van der Waals surface area contributed by atoms with Crippen LogP contribution in [0.5, 0.6) is 0 Å². The van der Waals surface area contributed by atoms with E-state index in [-0.39, 0.29) is 50.6 Å². The number of fused-ring (bicyclic) bond motifs is 4. The van der Waals surface area contributed by atoms with E-state index in [2.05, 4.69) is 19.8 Å². The number of likely N-dealkylation sites (tertiary alicyclic amines) is 1. The average molecular weight is 550 g/mol. The first kappa shape index (κ1) is 25.8. The van der Waals surface area contributed by atoms with Crippen LogP contribution in [-0.2, 0) is 18.0 Å². The number of nitrogens with zero attached hydrogens (tertiary/aromatic N) is 6. The molecule has 11 heteroatoms. The van der Waals surface area contributed by atoms with Crippen molar-refractivity contribution in [1.29, 1.82) is 5.26 Å². The Balaban J connectivity index is 0.00000135. The van der Waals surface area contributed by atoms with Crippen molar-refractivity contribution in [2.24, 2.45) is 0 Å². The van der Waals surface area contributed by atoms with E-state index in [1.54, 1.807) is 6.20 Å². The smallest absolute Gasteiger partial charge is 0.225 e. The van der Waals surface area contributed by atoms with Crippen LogP contribution in [0.1, 0.15) is 49.8 Å². The summed E-state index contributed by atoms with van der Waals surface area (Å²) in [6.07, 6.45) is 6.06. The largest absolute Gasteiger partial charge is 0.389 e. The average Bonchev–Trinajstić information content (AvgIpc) is 3.55. The third-order valence-corrected chi connectivity index (χ3v) is 8.91. The monoisotopic (exact) mass is 549 g/mol. The molecule has 7 rings (SSSR count). The minimum Gasteiger partial charge on any atom is -0.389 e. The highest BCUT2D eigenvalue weighted by molar-refractivity contribution is 7.23. The fourth-order valence-corrected chi connectivity index (χ4v) is 6.75. The highest BCUT2D eigenvalue weighted by atomic mass is 32.1. The van der Waals surface area contributed by atoms with E-state index in [9.17, 15) is 9.65 Å². The fraction of sp³-hybridized carbons (Fsp3) is 0.429. The molecule has 0 saturated carbocycles. The third kappa shape index (κ3) is 4.09. The summed E-state index contributed by atoms with van der Waals surface area (Å²) in [7, 11) is 0. The lowest BCUT2D eigenvalue weighted by Gasteiger charge is -2.42. The van der Waals surface area contributed by atoms with Gasteiger partial charge in [-0.15, -0.1) is 11.3 Å². The molecule has 39 heavy (non-hydrogen) atoms. The molecule has 3 aliphatic heterocycles. The van der Waals surface area contributed by atoms with Crippen LogP contribution < -0.4 is 10.6 Å². The van der Waals surface area contributed by atoms with Gasteiger partial charge in [0.25, 0.3) is 0 Å². The maximum absolute atomic E-state index is 16.4. The number of halogens is 2. The normalized spacial score (nSPS) is 17.6. The number of nitrogen functional groups attached to an aromatic ring is 1. The molecule has 3 aliphatic rings. The van der Waals surface area contributed by atoms with Gasteiger partial charge in [0.15, 0.2) is 11.6 Å². The first-order chi connectivity index (χ1) is 19.0. The van der Waals surface area contributed by atoms with Gasteiger partial charge < -0.3 is 20.3 Å². The molecule has 6 heterocycles. The summed E-state index contributed by atoms with van der Waals surface area (Å²) in [5, 5.41) is 10.7. The minimum absolute atomic E-state index is 0.0996. The first-order valence-electron chi connectivity index (χ1n) is 13.4. The number of benzene rings is 1. The number of aromatic nitrogens is 3. The van der Waals surface area contributed by atoms with Crippen molar-refractivity contribution in [1.82, 2.24) is 19.9 Å². The Kier molecular flexibility index (Phi) is 6.79. The van der Waals surface area contributed by atoms with Crippen LogP contribution in [0.15, 0.2) is 12.4 Å². The molecule has 8 nitrogen and oxygen atoms in total. The van der Waals surface area contributed by atoms with Gasteiger partial charge in [-0.05, 0) is 43.5 Å². The number of thiophene rings is 1. The molecule has 1 aromatic carbocycles. The van der Waals surface area contributed by atoms with Crippen LogP contribution in [-0.4, -0.2) is 52.1 Å². The van der Waals surface area contributed by atoms with E-state index in [1.807, 2.05) is 19.9 Å². The molecule has 2 fully saturated rings. The first-order valence-corrected chi connectivity index (χ1v) is 14.2. The molecular formula is C28H29F2N7OS. The number of hydrogen-bond acceptors (Lipinski definition) is 9. The number of nitrogens with two attached hydrogens (primary N) is 1. The van der Waals surface area contributed by atoms with Gasteiger partial charge in [-0.25, -0.2) is 18.7 Å². The van der Waals surface area contributed by atoms with Crippen molar-refractivity contribution in [3.63, 3.8) is 0 Å². The van der Waals surface area contributed by atoms with Crippen LogP contribution in [0, 0.1) is 23.0 Å². The van der Waals surface area contributed by atoms with Crippen LogP contribution in [0.4, 0.5) is 19.7 Å². The van der Waals surface area contributed by atoms with Crippen molar-refractivity contribution in [2.45, 2.75) is 52.4 Å². The molecule has 202 valence electrons. The third-order valence-electron chi connectivity index (χ3n) is 7.89. The van der Waals surface area contributed by atoms with E-state index in [0.717, 1.165) is 49.0 Å². The fourth-order valence-electron chi connectivity index (χ4n) is 5.83. The zero-order valence-corrected chi connectivity index (χ0v) is 22.7. The molecule has 0 spiro atoms. The molecule has 2 N–H and O–H groups in total. The van der Waals surface area contributed by atoms with Crippen molar-refractivity contribution < 1.29 is 13.5 Å². The lowest BCUT2D eigenvalue weighted by atomic mass is 9.94. The quantitative estimate of drug-likeness (QED) is 0.364. The molecule has 0 bridgehead atoms. The van der Waals surface area contributed by atoms with Gasteiger partial charge in [-0.1, -0.05) is 13.8 Å². The summed E-state index contributed by atoms with van der Waals surface area (Å²) in [4.78, 5) is 18.2. The van der Waals surface area contributed by atoms with Crippen molar-refractivity contribution >= 4 is 43.3 Å². The van der Waals surface area contributed by atoms with Crippen LogP contribution >= 0.6 is 11.3 Å². The highest BCUT2D eigenvalue weighted by Gasteiger charge is 2.32. The van der Waals surface area contributed by atoms with Crippen molar-refractivity contribution in [3.05, 3.63) is 40.7 Å². The number of anilines is 2. The van der Waals surface area contributed by atoms with E-state index < -0.39 is 11.6 Å². The van der Waals surface area contributed by atoms with E-state index >= 15 is 4.39 Å². The van der Waals surface area contributed by atoms with E-state index in [1.165, 1.54) is 19.5 Å². The molecule has 0 radical (unpaired) electrons. The Hall–Kier alpha value is -3.46. The second kappa shape index (κ2) is 10.3. The van der Waals surface area contributed by atoms with Gasteiger partial charge in [0.1, 0.15) is 16.6 Å². The predicted octanol–water partition coefficient (Wildman–Crippen LogP) is 5.37. The highest BCUT2D eigenvalue weighted by Crippen LogP contribution is 2.45. The van der Waals surface area contributed by atoms with Gasteiger partial charge in [0.05, 0.1) is 35.4 Å². The Morgan fingerprint density at radius 2 is 1.82 bits per heavy atom. The summed E-state index contributed by atoms with van der Waals surface area (Å²) in [5.41, 5.74) is 8.06. The van der Waals surface area contributed by atoms with E-state index in [0.29, 0.717) is 22.9 Å². The molecule has 0 amide bonds. The summed E-state index contributed by atoms with van der Waals surface area (Å²) in [6.45, 7) is 8.43. The second-order valence-electron chi connectivity index (χ2n) is 9.79. The molecular weight excluding hydrogens is 520 g/mol. The van der Waals surface area contributed by atoms with Gasteiger partial charge in [-0.2, -0.15) is 5.26 Å². The maximum atomic E-state index is 16.4. The molecule has 4 aromatic rings. The molecule has 0 atom stereocenters. The number of nitriles is 1. The number of ether oxygens (including phenoxy) is 1. The lowest BCUT2D eigenvalue weighted by Crippen LogP contribution is -2.50. The Morgan fingerprint density at radius 3 is 2.51 bits per heavy atom. The summed E-state index contributed by atoms with van der Waals surface area (Å²) in [6, 6.07) is 2.63. The Morgan fingerprint density at radius 1 is 1.08 bits per heavy atom. The molecule has 0 unspecified atom stereocenters. The lowest BCUT2D eigenvalue weighted by molar-refractivity contribution is 0.0999. The van der Waals surface area contributed by atoms with Crippen molar-refractivity contribution in [3.8, 4) is 17.3 Å². The van der Waals surface area contributed by atoms with Gasteiger partial charge in [-0.3, -0.25) is 4.98 Å². The van der Waals surface area contributed by atoms with Crippen LogP contribution in [0.25, 0.3) is 32.2 Å². The Labute approximate surface area is 229 Å². The Bertz CT molecular complexity index is 1620. The SMILES string of the molecule is CC.N#Cc1c(N)sc2c(F)cnc(-c3c4c(c5cnc(N6CCC(N7CCC7)CC6)nc5c3F)COC4)c12. The predicted molar refractivity (Wildman–Crippen MR) is 148 cm³/mol. The summed E-state index contributed by atoms with van der Waals surface area (Å²) >= 11 is 0.961. The summed E-state index contributed by atoms with van der Waals surface area (Å²) < 4.78 is 37.0. The van der Waals surface area contributed by atoms with Crippen LogP contribution in [0.2, 0.25) is 0 Å². The zero-order chi connectivity index (χ0) is 27.3. The van der Waals surface area contributed by atoms with Gasteiger partial charge in [0.2, 0.25) is 5.95 Å². The second-order valence-corrected chi connectivity index (χ2v) is 10.8. The number of pyridine rings is 1. The molecule has 0 aliphatic carbocycles. The van der Waals surface area contributed by atoms with E-state index in [4.69, 9.17) is 15.5 Å². The maximum Gasteiger partial charge on any atom is 0.225 e. The van der Waals surface area contributed by atoms with Gasteiger partial charge >= 0.3 is 0 Å². The number of piperidine rings is 1. The minimum atomic E-state index is -0.600. The molecule has 3 aromatic heterocycles. The number of rotatable bonds is 3. The standard InChI is InChI=1S/C26H23F2N7OS.C2H6/c27-18-10-31-23(20-14(8-29)25(30)37-24(18)20)19-17-12-36-11-16(17)15-9-32-26(33-22(15)21(19)28)35-6-2-13(3-7-35)34-4-1-5-34;1-2/h9-10,13H,1-7,11-12,30H2;1-2H3. The number of hydrogen-bond donors (Lipinski definition) is 1. The van der Waals surface area contributed by atoms with Crippen LogP contribution in [0.3, 0.4) is 0 Å². The van der Waals surface area contributed by atoms with Crippen molar-refractivity contribution in [2.75, 3.05) is 36.8 Å².